The standard InChI is InChI=1S/C15H16N2O4S/c1-11-5-7-13(8-6-11)17(12(2)15(18)19)22(20,21)14-4-3-9-16-10-14/h3-10,12H,1-2H3,(H,18,19)/t12-/m1/s1. The summed E-state index contributed by atoms with van der Waals surface area (Å²) in [5.41, 5.74) is 1.25. The summed E-state index contributed by atoms with van der Waals surface area (Å²) in [6, 6.07) is 8.27. The van der Waals surface area contributed by atoms with E-state index in [9.17, 15) is 18.3 Å². The van der Waals surface area contributed by atoms with E-state index >= 15 is 0 Å². The first-order valence-corrected chi connectivity index (χ1v) is 8.02. The Bertz CT molecular complexity index is 758. The molecule has 7 heteroatoms. The third-order valence-electron chi connectivity index (χ3n) is 3.19. The molecule has 0 saturated carbocycles. The van der Waals surface area contributed by atoms with E-state index in [1.807, 2.05) is 6.92 Å². The zero-order chi connectivity index (χ0) is 16.3. The molecule has 0 radical (unpaired) electrons. The Kier molecular flexibility index (Phi) is 4.46. The highest BCUT2D eigenvalue weighted by molar-refractivity contribution is 7.92. The lowest BCUT2D eigenvalue weighted by Gasteiger charge is -2.28. The van der Waals surface area contributed by atoms with Crippen molar-refractivity contribution in [2.75, 3.05) is 4.31 Å². The van der Waals surface area contributed by atoms with Gasteiger partial charge < -0.3 is 5.11 Å². The summed E-state index contributed by atoms with van der Waals surface area (Å²) in [6.07, 6.45) is 2.65. The number of nitrogens with zero attached hydrogens (tertiary/aromatic N) is 2. The molecule has 0 spiro atoms. The van der Waals surface area contributed by atoms with Crippen LogP contribution in [-0.2, 0) is 14.8 Å². The Balaban J connectivity index is 2.59. The van der Waals surface area contributed by atoms with E-state index in [1.54, 1.807) is 24.3 Å². The Hall–Kier alpha value is -2.41. The minimum atomic E-state index is -4.02. The molecular formula is C15H16N2O4S. The van der Waals surface area contributed by atoms with E-state index in [2.05, 4.69) is 4.98 Å². The van der Waals surface area contributed by atoms with Crippen LogP contribution in [-0.4, -0.2) is 30.5 Å². The number of pyridine rings is 1. The van der Waals surface area contributed by atoms with Crippen molar-refractivity contribution in [1.29, 1.82) is 0 Å². The monoisotopic (exact) mass is 320 g/mol. The average molecular weight is 320 g/mol. The van der Waals surface area contributed by atoms with Crippen molar-refractivity contribution in [3.05, 3.63) is 54.4 Å². The number of hydrogen-bond acceptors (Lipinski definition) is 4. The first-order chi connectivity index (χ1) is 10.3. The molecule has 116 valence electrons. The van der Waals surface area contributed by atoms with Gasteiger partial charge in [0.2, 0.25) is 0 Å². The molecule has 6 nitrogen and oxygen atoms in total. The molecule has 0 saturated heterocycles. The van der Waals surface area contributed by atoms with Crippen LogP contribution in [0.25, 0.3) is 0 Å². The van der Waals surface area contributed by atoms with Crippen molar-refractivity contribution >= 4 is 21.7 Å². The van der Waals surface area contributed by atoms with E-state index in [4.69, 9.17) is 0 Å². The molecule has 0 amide bonds. The van der Waals surface area contributed by atoms with E-state index in [0.29, 0.717) is 5.69 Å². The van der Waals surface area contributed by atoms with Gasteiger partial charge in [0, 0.05) is 12.4 Å². The van der Waals surface area contributed by atoms with Crippen LogP contribution in [0.1, 0.15) is 12.5 Å². The van der Waals surface area contributed by atoms with Gasteiger partial charge in [-0.25, -0.2) is 13.2 Å². The molecule has 0 bridgehead atoms. The van der Waals surface area contributed by atoms with E-state index in [0.717, 1.165) is 9.87 Å². The fraction of sp³-hybridized carbons (Fsp3) is 0.200. The first kappa shape index (κ1) is 16.0. The molecule has 1 atom stereocenters. The van der Waals surface area contributed by atoms with E-state index in [-0.39, 0.29) is 4.90 Å². The predicted molar refractivity (Wildman–Crippen MR) is 82.2 cm³/mol. The van der Waals surface area contributed by atoms with Gasteiger partial charge in [0.05, 0.1) is 5.69 Å². The van der Waals surface area contributed by atoms with Gasteiger partial charge in [0.1, 0.15) is 10.9 Å². The van der Waals surface area contributed by atoms with Gasteiger partial charge in [-0.2, -0.15) is 0 Å². The maximum atomic E-state index is 12.8. The normalized spacial score (nSPS) is 12.6. The van der Waals surface area contributed by atoms with E-state index < -0.39 is 22.0 Å². The summed E-state index contributed by atoms with van der Waals surface area (Å²) in [4.78, 5) is 15.1. The lowest BCUT2D eigenvalue weighted by Crippen LogP contribution is -2.43. The smallest absolute Gasteiger partial charge is 0.327 e. The minimum absolute atomic E-state index is 0.0522. The molecular weight excluding hydrogens is 304 g/mol. The number of hydrogen-bond donors (Lipinski definition) is 1. The molecule has 1 aromatic heterocycles. The highest BCUT2D eigenvalue weighted by Gasteiger charge is 2.33. The summed E-state index contributed by atoms with van der Waals surface area (Å²) in [7, 11) is -4.02. The van der Waals surface area contributed by atoms with Gasteiger partial charge in [-0.05, 0) is 38.1 Å². The van der Waals surface area contributed by atoms with Gasteiger partial charge in [-0.15, -0.1) is 0 Å². The van der Waals surface area contributed by atoms with Crippen molar-refractivity contribution in [3.8, 4) is 0 Å². The molecule has 1 heterocycles. The van der Waals surface area contributed by atoms with Crippen LogP contribution in [0.15, 0.2) is 53.7 Å². The average Bonchev–Trinajstić information content (AvgIpc) is 2.50. The number of aliphatic carboxylic acids is 1. The molecule has 0 aliphatic heterocycles. The SMILES string of the molecule is Cc1ccc(N([C@H](C)C(=O)O)S(=O)(=O)c2cccnc2)cc1. The maximum Gasteiger partial charge on any atom is 0.327 e. The number of carbonyl (C=O) groups is 1. The number of carboxylic acid groups (broad SMARTS) is 1. The van der Waals surface area contributed by atoms with Crippen molar-refractivity contribution < 1.29 is 18.3 Å². The van der Waals surface area contributed by atoms with Crippen LogP contribution in [0.3, 0.4) is 0 Å². The van der Waals surface area contributed by atoms with Crippen LogP contribution >= 0.6 is 0 Å². The molecule has 2 rings (SSSR count). The maximum absolute atomic E-state index is 12.8. The third-order valence-corrected chi connectivity index (χ3v) is 5.07. The Morgan fingerprint density at radius 1 is 1.23 bits per heavy atom. The Morgan fingerprint density at radius 2 is 1.86 bits per heavy atom. The number of carboxylic acids is 1. The van der Waals surface area contributed by atoms with Crippen LogP contribution in [0, 0.1) is 6.92 Å². The quantitative estimate of drug-likeness (QED) is 0.911. The predicted octanol–water partition coefficient (Wildman–Crippen LogP) is 2.06. The molecule has 1 N–H and O–H groups in total. The lowest BCUT2D eigenvalue weighted by molar-refractivity contribution is -0.137. The van der Waals surface area contributed by atoms with Gasteiger partial charge >= 0.3 is 5.97 Å². The van der Waals surface area contributed by atoms with Gasteiger partial charge in [0.25, 0.3) is 10.0 Å². The van der Waals surface area contributed by atoms with Gasteiger partial charge in [-0.3, -0.25) is 9.29 Å². The number of anilines is 1. The lowest BCUT2D eigenvalue weighted by atomic mass is 10.2. The van der Waals surface area contributed by atoms with E-state index in [1.165, 1.54) is 31.5 Å². The summed E-state index contributed by atoms with van der Waals surface area (Å²) < 4.78 is 26.5. The fourth-order valence-electron chi connectivity index (χ4n) is 1.98. The highest BCUT2D eigenvalue weighted by atomic mass is 32.2. The van der Waals surface area contributed by atoms with Crippen molar-refractivity contribution in [2.24, 2.45) is 0 Å². The molecule has 0 aliphatic carbocycles. The number of aryl methyl sites for hydroxylation is 1. The third kappa shape index (κ3) is 3.09. The Labute approximate surface area is 129 Å². The largest absolute Gasteiger partial charge is 0.480 e. The topological polar surface area (TPSA) is 87.6 Å². The van der Waals surface area contributed by atoms with Gasteiger partial charge in [-0.1, -0.05) is 17.7 Å². The molecule has 0 fully saturated rings. The second-order valence-electron chi connectivity index (χ2n) is 4.84. The zero-order valence-electron chi connectivity index (χ0n) is 12.2. The highest BCUT2D eigenvalue weighted by Crippen LogP contribution is 2.26. The second-order valence-corrected chi connectivity index (χ2v) is 6.65. The number of rotatable bonds is 5. The van der Waals surface area contributed by atoms with Gasteiger partial charge in [0.15, 0.2) is 0 Å². The summed E-state index contributed by atoms with van der Waals surface area (Å²) >= 11 is 0. The molecule has 1 aromatic carbocycles. The Morgan fingerprint density at radius 3 is 2.36 bits per heavy atom. The number of sulfonamides is 1. The zero-order valence-corrected chi connectivity index (χ0v) is 13.0. The second kappa shape index (κ2) is 6.15. The van der Waals surface area contributed by atoms with Crippen molar-refractivity contribution in [3.63, 3.8) is 0 Å². The molecule has 2 aromatic rings. The fourth-order valence-corrected chi connectivity index (χ4v) is 3.55. The van der Waals surface area contributed by atoms with Crippen LogP contribution in [0.5, 0.6) is 0 Å². The van der Waals surface area contributed by atoms with Crippen molar-refractivity contribution in [2.45, 2.75) is 24.8 Å². The molecule has 0 unspecified atom stereocenters. The molecule has 22 heavy (non-hydrogen) atoms. The van der Waals surface area contributed by atoms with Crippen molar-refractivity contribution in [1.82, 2.24) is 4.98 Å². The first-order valence-electron chi connectivity index (χ1n) is 6.58. The summed E-state index contributed by atoms with van der Waals surface area (Å²) in [6.45, 7) is 3.19. The molecule has 0 aliphatic rings. The summed E-state index contributed by atoms with van der Waals surface area (Å²) in [5.74, 6) is -1.23. The number of aromatic nitrogens is 1. The van der Waals surface area contributed by atoms with Crippen LogP contribution in [0.4, 0.5) is 5.69 Å². The van der Waals surface area contributed by atoms with Crippen LogP contribution < -0.4 is 4.31 Å². The van der Waals surface area contributed by atoms with Crippen LogP contribution in [0.2, 0.25) is 0 Å². The minimum Gasteiger partial charge on any atom is -0.480 e. The number of benzene rings is 1. The summed E-state index contributed by atoms with van der Waals surface area (Å²) in [5, 5.41) is 9.26.